The van der Waals surface area contributed by atoms with Crippen molar-refractivity contribution in [2.75, 3.05) is 5.32 Å². The van der Waals surface area contributed by atoms with Gasteiger partial charge in [-0.15, -0.1) is 11.8 Å². The number of esters is 1. The van der Waals surface area contributed by atoms with Crippen LogP contribution in [0.4, 0.5) is 5.69 Å². The zero-order valence-electron chi connectivity index (χ0n) is 15.6. The van der Waals surface area contributed by atoms with Gasteiger partial charge in [0.25, 0.3) is 0 Å². The number of aryl methyl sites for hydroxylation is 2. The highest BCUT2D eigenvalue weighted by atomic mass is 32.2. The Balaban J connectivity index is 1.37. The van der Waals surface area contributed by atoms with Crippen molar-refractivity contribution in [1.29, 1.82) is 0 Å². The van der Waals surface area contributed by atoms with E-state index in [1.54, 1.807) is 13.0 Å². The molecule has 5 nitrogen and oxygen atoms in total. The van der Waals surface area contributed by atoms with Crippen molar-refractivity contribution >= 4 is 35.1 Å². The maximum Gasteiger partial charge on any atom is 0.308 e. The predicted octanol–water partition coefficient (Wildman–Crippen LogP) is 3.79. The van der Waals surface area contributed by atoms with Crippen LogP contribution in [-0.2, 0) is 27.2 Å². The Labute approximate surface area is 167 Å². The van der Waals surface area contributed by atoms with Crippen LogP contribution in [0.25, 0.3) is 0 Å². The minimum Gasteiger partial charge on any atom is -0.454 e. The summed E-state index contributed by atoms with van der Waals surface area (Å²) >= 11 is 1.34. The Morgan fingerprint density at radius 1 is 1.18 bits per heavy atom. The summed E-state index contributed by atoms with van der Waals surface area (Å²) in [6.07, 6.45) is 2.20. The second-order valence-electron chi connectivity index (χ2n) is 7.13. The van der Waals surface area contributed by atoms with E-state index in [-0.39, 0.29) is 18.1 Å². The number of ketones is 1. The molecule has 4 rings (SSSR count). The molecule has 0 saturated carbocycles. The molecule has 6 heteroatoms. The Hall–Kier alpha value is -2.60. The average Bonchev–Trinajstić information content (AvgIpc) is 3.15. The molecule has 1 aliphatic heterocycles. The number of hydrogen-bond donors (Lipinski definition) is 1. The van der Waals surface area contributed by atoms with Crippen LogP contribution in [0.5, 0.6) is 0 Å². The lowest BCUT2D eigenvalue weighted by Crippen LogP contribution is -2.33. The fourth-order valence-corrected chi connectivity index (χ4v) is 4.73. The molecule has 1 amide bonds. The van der Waals surface area contributed by atoms with E-state index >= 15 is 0 Å². The van der Waals surface area contributed by atoms with Gasteiger partial charge in [0.2, 0.25) is 11.7 Å². The number of para-hydroxylation sites is 1. The molecule has 0 unspecified atom stereocenters. The van der Waals surface area contributed by atoms with Crippen molar-refractivity contribution in [3.8, 4) is 0 Å². The average molecular weight is 395 g/mol. The number of rotatable bonds is 5. The van der Waals surface area contributed by atoms with Crippen molar-refractivity contribution in [3.63, 3.8) is 0 Å². The van der Waals surface area contributed by atoms with E-state index in [2.05, 4.69) is 5.32 Å². The highest BCUT2D eigenvalue weighted by Crippen LogP contribution is 2.36. The van der Waals surface area contributed by atoms with E-state index < -0.39 is 17.3 Å². The SMILES string of the molecule is C[C@H](OC(=O)C[C@@H]1Sc2ccccc2NC1=O)C(=O)c1ccc2c(c1)CCC2. The zero-order valence-corrected chi connectivity index (χ0v) is 16.4. The summed E-state index contributed by atoms with van der Waals surface area (Å²) in [6, 6.07) is 13.2. The fourth-order valence-electron chi connectivity index (χ4n) is 3.64. The number of benzene rings is 2. The van der Waals surface area contributed by atoms with Crippen molar-refractivity contribution in [2.45, 2.75) is 48.9 Å². The summed E-state index contributed by atoms with van der Waals surface area (Å²) in [5.74, 6) is -0.985. The lowest BCUT2D eigenvalue weighted by molar-refractivity contribution is -0.147. The van der Waals surface area contributed by atoms with Gasteiger partial charge in [0.1, 0.15) is 0 Å². The number of amides is 1. The number of carbonyl (C=O) groups is 3. The summed E-state index contributed by atoms with van der Waals surface area (Å²) in [5.41, 5.74) is 3.82. The molecular formula is C22H21NO4S. The summed E-state index contributed by atoms with van der Waals surface area (Å²) in [4.78, 5) is 38.1. The maximum atomic E-state index is 12.6. The van der Waals surface area contributed by atoms with Gasteiger partial charge < -0.3 is 10.1 Å². The number of Topliss-reactive ketones (excluding diaryl/α,β-unsaturated/α-hetero) is 1. The van der Waals surface area contributed by atoms with Gasteiger partial charge in [-0.2, -0.15) is 0 Å². The Bertz CT molecular complexity index is 955. The van der Waals surface area contributed by atoms with E-state index in [9.17, 15) is 14.4 Å². The highest BCUT2D eigenvalue weighted by Gasteiger charge is 2.30. The molecule has 0 fully saturated rings. The van der Waals surface area contributed by atoms with Gasteiger partial charge in [0, 0.05) is 10.5 Å². The molecule has 0 bridgehead atoms. The number of anilines is 1. The lowest BCUT2D eigenvalue weighted by atomic mass is 10.0. The van der Waals surface area contributed by atoms with Gasteiger partial charge in [-0.05, 0) is 55.5 Å². The van der Waals surface area contributed by atoms with Gasteiger partial charge >= 0.3 is 5.97 Å². The van der Waals surface area contributed by atoms with E-state index in [0.717, 1.165) is 29.8 Å². The van der Waals surface area contributed by atoms with Crippen molar-refractivity contribution in [3.05, 3.63) is 59.2 Å². The van der Waals surface area contributed by atoms with Crippen LogP contribution >= 0.6 is 11.8 Å². The Morgan fingerprint density at radius 3 is 2.82 bits per heavy atom. The van der Waals surface area contributed by atoms with Crippen molar-refractivity contribution in [1.82, 2.24) is 0 Å². The maximum absolute atomic E-state index is 12.6. The number of ether oxygens (including phenoxy) is 1. The molecule has 2 aromatic carbocycles. The third-order valence-electron chi connectivity index (χ3n) is 5.12. The Morgan fingerprint density at radius 2 is 1.96 bits per heavy atom. The van der Waals surface area contributed by atoms with Crippen LogP contribution in [0.1, 0.15) is 41.3 Å². The van der Waals surface area contributed by atoms with Gasteiger partial charge in [-0.1, -0.05) is 24.3 Å². The van der Waals surface area contributed by atoms with E-state index in [1.807, 2.05) is 36.4 Å². The summed E-state index contributed by atoms with van der Waals surface area (Å²) in [6.45, 7) is 1.58. The monoisotopic (exact) mass is 395 g/mol. The normalized spacial score (nSPS) is 18.6. The zero-order chi connectivity index (χ0) is 19.7. The molecule has 0 radical (unpaired) electrons. The molecule has 28 heavy (non-hydrogen) atoms. The molecule has 0 saturated heterocycles. The standard InChI is InChI=1S/C22H21NO4S/c1-13(21(25)16-10-9-14-5-4-6-15(14)11-16)27-20(24)12-19-22(26)23-17-7-2-3-8-18(17)28-19/h2-3,7-11,13,19H,4-6,12H2,1H3,(H,23,26)/t13-,19-/m0/s1. The molecule has 0 aromatic heterocycles. The first kappa shape index (κ1) is 18.7. The van der Waals surface area contributed by atoms with Crippen LogP contribution in [-0.4, -0.2) is 29.0 Å². The molecule has 2 aromatic rings. The van der Waals surface area contributed by atoms with Crippen LogP contribution in [0, 0.1) is 0 Å². The fraction of sp³-hybridized carbons (Fsp3) is 0.318. The number of fused-ring (bicyclic) bond motifs is 2. The topological polar surface area (TPSA) is 72.5 Å². The molecule has 1 N–H and O–H groups in total. The molecule has 1 aliphatic carbocycles. The first-order valence-electron chi connectivity index (χ1n) is 9.43. The minimum absolute atomic E-state index is 0.0767. The Kier molecular flexibility index (Phi) is 5.22. The largest absolute Gasteiger partial charge is 0.454 e. The third kappa shape index (κ3) is 3.83. The molecule has 144 valence electrons. The molecule has 1 heterocycles. The number of thioether (sulfide) groups is 1. The molecular weight excluding hydrogens is 374 g/mol. The van der Waals surface area contributed by atoms with Crippen molar-refractivity contribution in [2.24, 2.45) is 0 Å². The number of carbonyl (C=O) groups excluding carboxylic acids is 3. The van der Waals surface area contributed by atoms with Crippen LogP contribution in [0.2, 0.25) is 0 Å². The number of hydrogen-bond acceptors (Lipinski definition) is 5. The smallest absolute Gasteiger partial charge is 0.308 e. The van der Waals surface area contributed by atoms with Gasteiger partial charge in [0.05, 0.1) is 17.4 Å². The van der Waals surface area contributed by atoms with Gasteiger partial charge in [-0.25, -0.2) is 0 Å². The van der Waals surface area contributed by atoms with Crippen LogP contribution < -0.4 is 5.32 Å². The summed E-state index contributed by atoms with van der Waals surface area (Å²) in [5, 5.41) is 2.24. The summed E-state index contributed by atoms with van der Waals surface area (Å²) < 4.78 is 5.34. The second kappa shape index (κ2) is 7.80. The summed E-state index contributed by atoms with van der Waals surface area (Å²) in [7, 11) is 0. The first-order valence-corrected chi connectivity index (χ1v) is 10.3. The van der Waals surface area contributed by atoms with Crippen molar-refractivity contribution < 1.29 is 19.1 Å². The first-order chi connectivity index (χ1) is 13.5. The third-order valence-corrected chi connectivity index (χ3v) is 6.39. The van der Waals surface area contributed by atoms with E-state index in [1.165, 1.54) is 22.9 Å². The van der Waals surface area contributed by atoms with Gasteiger partial charge in [-0.3, -0.25) is 14.4 Å². The minimum atomic E-state index is -0.879. The van der Waals surface area contributed by atoms with Gasteiger partial charge in [0.15, 0.2) is 6.10 Å². The van der Waals surface area contributed by atoms with Crippen LogP contribution in [0.15, 0.2) is 47.4 Å². The van der Waals surface area contributed by atoms with E-state index in [0.29, 0.717) is 5.56 Å². The lowest BCUT2D eigenvalue weighted by Gasteiger charge is -2.23. The second-order valence-corrected chi connectivity index (χ2v) is 8.37. The van der Waals surface area contributed by atoms with E-state index in [4.69, 9.17) is 4.74 Å². The predicted molar refractivity (Wildman–Crippen MR) is 108 cm³/mol. The van der Waals surface area contributed by atoms with Crippen LogP contribution in [0.3, 0.4) is 0 Å². The number of nitrogens with one attached hydrogen (secondary N) is 1. The molecule has 2 aliphatic rings. The molecule has 2 atom stereocenters. The quantitative estimate of drug-likeness (QED) is 0.616. The molecule has 0 spiro atoms. The highest BCUT2D eigenvalue weighted by molar-refractivity contribution is 8.01.